The van der Waals surface area contributed by atoms with E-state index in [1.54, 1.807) is 24.3 Å². The van der Waals surface area contributed by atoms with E-state index >= 15 is 0 Å². The number of anilines is 1. The molecule has 3 aromatic rings. The van der Waals surface area contributed by atoms with Crippen LogP contribution in [0.5, 0.6) is 5.75 Å². The fourth-order valence-electron chi connectivity index (χ4n) is 4.46. The summed E-state index contributed by atoms with van der Waals surface area (Å²) in [5.74, 6) is -2.40. The van der Waals surface area contributed by atoms with Crippen LogP contribution in [-0.4, -0.2) is 34.6 Å². The number of halogens is 3. The fraction of sp³-hybridized carbons (Fsp3) is 0.250. The maximum Gasteiger partial charge on any atom is 0.416 e. The molecule has 1 aromatic heterocycles. The summed E-state index contributed by atoms with van der Waals surface area (Å²) in [7, 11) is 1.51. The van der Waals surface area contributed by atoms with E-state index in [1.165, 1.54) is 23.8 Å². The van der Waals surface area contributed by atoms with E-state index in [2.05, 4.69) is 10.6 Å². The SMILES string of the molecule is COc1ccc([C@@H]2c3sc(=O)n(CC(=O)Nc4cccc(C(F)(F)F)c4)c3SC3C(=O)NC(=O)C32)cc1. The summed E-state index contributed by atoms with van der Waals surface area (Å²) in [6.45, 7) is -0.476. The standard InChI is InChI=1S/C24H18F3N3O5S2/c1-35-14-7-5-11(6-8-14)16-17-18(21(33)29-20(17)32)36-22-19(16)37-23(34)30(22)10-15(31)28-13-4-2-3-12(9-13)24(25,26)27/h2-9,16-18H,10H2,1H3,(H,28,31)(H,29,32,33)/t16-,17?,18?/m0/s1. The molecule has 0 saturated carbocycles. The zero-order chi connectivity index (χ0) is 26.5. The number of nitrogens with one attached hydrogen (secondary N) is 2. The number of aromatic nitrogens is 1. The molecule has 2 unspecified atom stereocenters. The minimum atomic E-state index is -4.58. The second-order valence-electron chi connectivity index (χ2n) is 8.42. The van der Waals surface area contributed by atoms with Crippen molar-refractivity contribution >= 4 is 46.5 Å². The Labute approximate surface area is 215 Å². The average Bonchev–Trinajstić information content (AvgIpc) is 3.32. The Morgan fingerprint density at radius 3 is 2.51 bits per heavy atom. The lowest BCUT2D eigenvalue weighted by Gasteiger charge is -2.30. The molecule has 1 saturated heterocycles. The van der Waals surface area contributed by atoms with Gasteiger partial charge in [-0.2, -0.15) is 13.2 Å². The van der Waals surface area contributed by atoms with Gasteiger partial charge < -0.3 is 10.1 Å². The van der Waals surface area contributed by atoms with E-state index in [-0.39, 0.29) is 5.69 Å². The molecule has 192 valence electrons. The van der Waals surface area contributed by atoms with Crippen molar-refractivity contribution in [2.24, 2.45) is 5.92 Å². The number of hydrogen-bond acceptors (Lipinski definition) is 7. The summed E-state index contributed by atoms with van der Waals surface area (Å²) < 4.78 is 45.4. The van der Waals surface area contributed by atoms with Crippen molar-refractivity contribution in [1.82, 2.24) is 9.88 Å². The molecule has 3 heterocycles. The molecule has 0 bridgehead atoms. The Balaban J connectivity index is 1.49. The quantitative estimate of drug-likeness (QED) is 0.473. The smallest absolute Gasteiger partial charge is 0.416 e. The van der Waals surface area contributed by atoms with Crippen LogP contribution < -0.4 is 20.2 Å². The molecule has 5 rings (SSSR count). The first-order valence-electron chi connectivity index (χ1n) is 10.9. The summed E-state index contributed by atoms with van der Waals surface area (Å²) in [6, 6.07) is 11.1. The number of carbonyl (C=O) groups is 3. The van der Waals surface area contributed by atoms with Crippen LogP contribution in [0, 0.1) is 5.92 Å². The number of amides is 3. The lowest BCUT2D eigenvalue weighted by molar-refractivity contribution is -0.137. The summed E-state index contributed by atoms with van der Waals surface area (Å²) in [4.78, 5) is 51.1. The van der Waals surface area contributed by atoms with Gasteiger partial charge in [-0.05, 0) is 35.9 Å². The number of fused-ring (bicyclic) bond motifs is 2. The molecule has 0 spiro atoms. The summed E-state index contributed by atoms with van der Waals surface area (Å²) in [6.07, 6.45) is -4.58. The zero-order valence-corrected chi connectivity index (χ0v) is 20.6. The number of rotatable bonds is 5. The Hall–Kier alpha value is -3.58. The van der Waals surface area contributed by atoms with Crippen molar-refractivity contribution in [1.29, 1.82) is 0 Å². The van der Waals surface area contributed by atoms with Crippen LogP contribution in [0.1, 0.15) is 21.9 Å². The highest BCUT2D eigenvalue weighted by Crippen LogP contribution is 2.51. The van der Waals surface area contributed by atoms with Gasteiger partial charge in [-0.25, -0.2) is 0 Å². The van der Waals surface area contributed by atoms with Gasteiger partial charge in [0.2, 0.25) is 17.7 Å². The number of alkyl halides is 3. The van der Waals surface area contributed by atoms with Crippen molar-refractivity contribution < 1.29 is 32.3 Å². The number of benzene rings is 2. The highest BCUT2D eigenvalue weighted by Gasteiger charge is 2.52. The molecule has 3 amide bonds. The maximum atomic E-state index is 13.0. The van der Waals surface area contributed by atoms with Gasteiger partial charge in [-0.1, -0.05) is 41.3 Å². The number of nitrogens with zero attached hydrogens (tertiary/aromatic N) is 1. The molecule has 8 nitrogen and oxygen atoms in total. The van der Waals surface area contributed by atoms with E-state index in [0.29, 0.717) is 21.2 Å². The Morgan fingerprint density at radius 1 is 1.11 bits per heavy atom. The average molecular weight is 550 g/mol. The van der Waals surface area contributed by atoms with Gasteiger partial charge in [0.25, 0.3) is 0 Å². The summed E-state index contributed by atoms with van der Waals surface area (Å²) >= 11 is 1.91. The topological polar surface area (TPSA) is 106 Å². The Bertz CT molecular complexity index is 1470. The molecule has 2 aliphatic heterocycles. The summed E-state index contributed by atoms with van der Waals surface area (Å²) in [5.41, 5.74) is -0.290. The van der Waals surface area contributed by atoms with Gasteiger partial charge in [-0.3, -0.25) is 29.1 Å². The van der Waals surface area contributed by atoms with Crippen LogP contribution in [0.2, 0.25) is 0 Å². The lowest BCUT2D eigenvalue weighted by Crippen LogP contribution is -2.32. The van der Waals surface area contributed by atoms with E-state index in [9.17, 15) is 32.3 Å². The molecule has 0 radical (unpaired) electrons. The molecule has 37 heavy (non-hydrogen) atoms. The minimum absolute atomic E-state index is 0.0680. The fourth-order valence-corrected chi connectivity index (χ4v) is 7.20. The maximum absolute atomic E-state index is 13.0. The first kappa shape index (κ1) is 25.1. The largest absolute Gasteiger partial charge is 0.497 e. The normalized spacial score (nSPS) is 20.7. The van der Waals surface area contributed by atoms with Crippen LogP contribution in [0.4, 0.5) is 18.9 Å². The van der Waals surface area contributed by atoms with Gasteiger partial charge in [0.05, 0.1) is 23.6 Å². The number of thioether (sulfide) groups is 1. The highest BCUT2D eigenvalue weighted by molar-refractivity contribution is 8.00. The van der Waals surface area contributed by atoms with Crippen LogP contribution >= 0.6 is 23.1 Å². The van der Waals surface area contributed by atoms with Crippen LogP contribution in [0.3, 0.4) is 0 Å². The van der Waals surface area contributed by atoms with Crippen LogP contribution in [-0.2, 0) is 27.1 Å². The minimum Gasteiger partial charge on any atom is -0.497 e. The van der Waals surface area contributed by atoms with Crippen molar-refractivity contribution in [2.45, 2.75) is 28.9 Å². The molecular weight excluding hydrogens is 531 g/mol. The number of hydrogen-bond donors (Lipinski definition) is 2. The number of carbonyl (C=O) groups excluding carboxylic acids is 3. The third kappa shape index (κ3) is 4.64. The summed E-state index contributed by atoms with van der Waals surface area (Å²) in [5, 5.41) is 4.32. The van der Waals surface area contributed by atoms with Crippen molar-refractivity contribution in [3.63, 3.8) is 0 Å². The molecule has 0 aliphatic carbocycles. The molecule has 2 aromatic carbocycles. The molecule has 13 heteroatoms. The number of methoxy groups -OCH3 is 1. The molecule has 2 N–H and O–H groups in total. The first-order chi connectivity index (χ1) is 17.6. The Morgan fingerprint density at radius 2 is 1.84 bits per heavy atom. The second kappa shape index (κ2) is 9.38. The van der Waals surface area contributed by atoms with Gasteiger partial charge in [-0.15, -0.1) is 0 Å². The third-order valence-corrected chi connectivity index (χ3v) is 8.75. The predicted octanol–water partition coefficient (Wildman–Crippen LogP) is 3.45. The van der Waals surface area contributed by atoms with E-state index in [4.69, 9.17) is 4.74 Å². The van der Waals surface area contributed by atoms with Crippen molar-refractivity contribution in [3.05, 3.63) is 74.2 Å². The van der Waals surface area contributed by atoms with Gasteiger partial charge in [0.15, 0.2) is 0 Å². The zero-order valence-electron chi connectivity index (χ0n) is 19.0. The first-order valence-corrected chi connectivity index (χ1v) is 12.6. The third-order valence-electron chi connectivity index (χ3n) is 6.14. The molecule has 3 atom stereocenters. The molecule has 1 fully saturated rings. The van der Waals surface area contributed by atoms with Gasteiger partial charge >= 0.3 is 11.0 Å². The molecule has 2 aliphatic rings. The van der Waals surface area contributed by atoms with Crippen molar-refractivity contribution in [3.8, 4) is 5.75 Å². The lowest BCUT2D eigenvalue weighted by atomic mass is 9.83. The number of thiazole rings is 1. The van der Waals surface area contributed by atoms with Crippen LogP contribution in [0.25, 0.3) is 0 Å². The van der Waals surface area contributed by atoms with E-state index in [1.807, 2.05) is 0 Å². The van der Waals surface area contributed by atoms with Crippen molar-refractivity contribution in [2.75, 3.05) is 12.4 Å². The van der Waals surface area contributed by atoms with Gasteiger partial charge in [0, 0.05) is 16.5 Å². The number of ether oxygens (including phenoxy) is 1. The van der Waals surface area contributed by atoms with E-state index < -0.39 is 58.0 Å². The molecular formula is C24H18F3N3O5S2. The highest BCUT2D eigenvalue weighted by atomic mass is 32.2. The predicted molar refractivity (Wildman–Crippen MR) is 130 cm³/mol. The monoisotopic (exact) mass is 549 g/mol. The van der Waals surface area contributed by atoms with E-state index in [0.717, 1.165) is 35.2 Å². The number of imide groups is 1. The van der Waals surface area contributed by atoms with Gasteiger partial charge in [0.1, 0.15) is 17.5 Å². The second-order valence-corrected chi connectivity index (χ2v) is 10.5. The Kier molecular flexibility index (Phi) is 6.36. The van der Waals surface area contributed by atoms with Crippen LogP contribution in [0.15, 0.2) is 58.4 Å².